The monoisotopic (exact) mass is 341 g/mol. The Morgan fingerprint density at radius 3 is 2.67 bits per heavy atom. The van der Waals surface area contributed by atoms with Gasteiger partial charge in [-0.3, -0.25) is 4.79 Å². The van der Waals surface area contributed by atoms with Crippen LogP contribution in [0, 0.1) is 5.41 Å². The van der Waals surface area contributed by atoms with E-state index in [1.54, 1.807) is 0 Å². The van der Waals surface area contributed by atoms with Crippen molar-refractivity contribution in [2.24, 2.45) is 5.41 Å². The molecule has 1 N–H and O–H groups in total. The molecule has 1 heterocycles. The molecule has 1 fully saturated rings. The summed E-state index contributed by atoms with van der Waals surface area (Å²) < 4.78 is 0. The number of carbonyl (C=O) groups is 1. The quantitative estimate of drug-likeness (QED) is 0.742. The fourth-order valence-corrected chi connectivity index (χ4v) is 4.01. The number of carbonyl (C=O) groups excluding carboxylic acids is 1. The van der Waals surface area contributed by atoms with Gasteiger partial charge in [-0.1, -0.05) is 55.3 Å². The summed E-state index contributed by atoms with van der Waals surface area (Å²) in [4.78, 5) is 13.3. The molecule has 24 heavy (non-hydrogen) atoms. The van der Waals surface area contributed by atoms with Gasteiger partial charge in [0.15, 0.2) is 5.78 Å². The highest BCUT2D eigenvalue weighted by Gasteiger charge is 2.39. The fraction of sp³-hybridized carbons (Fsp3) is 0.381. The van der Waals surface area contributed by atoms with Gasteiger partial charge >= 0.3 is 0 Å². The van der Waals surface area contributed by atoms with E-state index in [4.69, 9.17) is 11.6 Å². The molecule has 1 unspecified atom stereocenters. The van der Waals surface area contributed by atoms with Crippen LogP contribution in [0.4, 0.5) is 0 Å². The summed E-state index contributed by atoms with van der Waals surface area (Å²) in [7, 11) is 0. The van der Waals surface area contributed by atoms with E-state index in [1.807, 2.05) is 48.5 Å². The van der Waals surface area contributed by atoms with Crippen molar-refractivity contribution in [3.63, 3.8) is 0 Å². The molecule has 2 aromatic rings. The van der Waals surface area contributed by atoms with Crippen molar-refractivity contribution in [3.8, 4) is 11.1 Å². The molecule has 0 aromatic heterocycles. The Morgan fingerprint density at radius 2 is 2.00 bits per heavy atom. The van der Waals surface area contributed by atoms with Gasteiger partial charge in [0.25, 0.3) is 0 Å². The van der Waals surface area contributed by atoms with Crippen molar-refractivity contribution >= 4 is 17.4 Å². The molecule has 1 saturated heterocycles. The van der Waals surface area contributed by atoms with E-state index in [-0.39, 0.29) is 11.2 Å². The first-order chi connectivity index (χ1) is 11.7. The minimum atomic E-state index is -0.269. The molecule has 0 spiro atoms. The van der Waals surface area contributed by atoms with Crippen LogP contribution in [0.5, 0.6) is 0 Å². The zero-order valence-corrected chi connectivity index (χ0v) is 14.9. The van der Waals surface area contributed by atoms with Crippen molar-refractivity contribution in [2.45, 2.75) is 32.6 Å². The molecule has 0 saturated carbocycles. The number of benzene rings is 2. The van der Waals surface area contributed by atoms with Crippen LogP contribution in [0.1, 0.15) is 43.0 Å². The lowest BCUT2D eigenvalue weighted by Gasteiger charge is -2.36. The molecular formula is C21H24ClNO. The summed E-state index contributed by atoms with van der Waals surface area (Å²) in [5.74, 6) is 0.255. The minimum absolute atomic E-state index is 0.255. The predicted molar refractivity (Wildman–Crippen MR) is 101 cm³/mol. The summed E-state index contributed by atoms with van der Waals surface area (Å²) in [6, 6.07) is 15.7. The van der Waals surface area contributed by atoms with E-state index < -0.39 is 0 Å². The largest absolute Gasteiger partial charge is 0.316 e. The van der Waals surface area contributed by atoms with Crippen molar-refractivity contribution in [1.29, 1.82) is 0 Å². The van der Waals surface area contributed by atoms with Crippen LogP contribution < -0.4 is 5.32 Å². The van der Waals surface area contributed by atoms with Crippen LogP contribution >= 0.6 is 11.6 Å². The normalized spacial score (nSPS) is 20.8. The summed E-state index contributed by atoms with van der Waals surface area (Å²) in [5, 5.41) is 4.11. The summed E-state index contributed by atoms with van der Waals surface area (Å²) in [6.45, 7) is 3.94. The van der Waals surface area contributed by atoms with Gasteiger partial charge in [0.1, 0.15) is 0 Å². The van der Waals surface area contributed by atoms with Crippen LogP contribution in [0.15, 0.2) is 48.5 Å². The number of nitrogens with one attached hydrogen (secondary N) is 1. The van der Waals surface area contributed by atoms with Gasteiger partial charge in [0.05, 0.1) is 0 Å². The van der Waals surface area contributed by atoms with Crippen molar-refractivity contribution in [3.05, 3.63) is 59.1 Å². The van der Waals surface area contributed by atoms with E-state index in [0.717, 1.165) is 55.5 Å². The topological polar surface area (TPSA) is 29.1 Å². The zero-order valence-electron chi connectivity index (χ0n) is 14.1. The molecular weight excluding hydrogens is 318 g/mol. The molecule has 3 rings (SSSR count). The van der Waals surface area contributed by atoms with Crippen molar-refractivity contribution in [2.75, 3.05) is 13.1 Å². The highest BCUT2D eigenvalue weighted by molar-refractivity contribution is 6.33. The fourth-order valence-electron chi connectivity index (χ4n) is 3.78. The van der Waals surface area contributed by atoms with Gasteiger partial charge < -0.3 is 5.32 Å². The lowest BCUT2D eigenvalue weighted by Crippen LogP contribution is -2.45. The van der Waals surface area contributed by atoms with Gasteiger partial charge in [-0.15, -0.1) is 0 Å². The van der Waals surface area contributed by atoms with E-state index >= 15 is 0 Å². The third kappa shape index (κ3) is 3.40. The Labute approximate surface area is 149 Å². The Kier molecular flexibility index (Phi) is 5.37. The van der Waals surface area contributed by atoms with Gasteiger partial charge in [0, 0.05) is 28.1 Å². The van der Waals surface area contributed by atoms with Gasteiger partial charge in [0.2, 0.25) is 0 Å². The molecule has 3 heteroatoms. The smallest absolute Gasteiger partial charge is 0.170 e. The molecule has 2 nitrogen and oxygen atoms in total. The van der Waals surface area contributed by atoms with Crippen LogP contribution in [-0.2, 0) is 0 Å². The first-order valence-corrected chi connectivity index (χ1v) is 9.14. The molecule has 2 aromatic carbocycles. The van der Waals surface area contributed by atoms with Crippen LogP contribution in [-0.4, -0.2) is 18.9 Å². The average molecular weight is 342 g/mol. The molecule has 0 bridgehead atoms. The van der Waals surface area contributed by atoms with E-state index in [1.165, 1.54) is 0 Å². The number of hydrogen-bond donors (Lipinski definition) is 1. The number of rotatable bonds is 5. The van der Waals surface area contributed by atoms with E-state index in [0.29, 0.717) is 5.02 Å². The average Bonchev–Trinajstić information content (AvgIpc) is 2.63. The summed E-state index contributed by atoms with van der Waals surface area (Å²) in [5.41, 5.74) is 2.48. The molecule has 1 atom stereocenters. The lowest BCUT2D eigenvalue weighted by molar-refractivity contribution is 0.0718. The maximum atomic E-state index is 13.3. The van der Waals surface area contributed by atoms with Crippen molar-refractivity contribution in [1.82, 2.24) is 5.32 Å². The second-order valence-electron chi connectivity index (χ2n) is 6.70. The number of piperidine rings is 1. The Bertz CT molecular complexity index is 700. The standard InChI is InChI=1S/C21H24ClNO/c1-2-11-21(12-6-13-23-15-21)20(24)17-9-10-19(22)18(14-17)16-7-4-3-5-8-16/h3-5,7-10,14,23H,2,6,11-13,15H2,1H3. The van der Waals surface area contributed by atoms with Crippen molar-refractivity contribution < 1.29 is 4.79 Å². The summed E-state index contributed by atoms with van der Waals surface area (Å²) >= 11 is 6.39. The first kappa shape index (κ1) is 17.2. The molecule has 0 aliphatic carbocycles. The SMILES string of the molecule is CCCC1(C(=O)c2ccc(Cl)c(-c3ccccc3)c2)CCCNC1. The number of Topliss-reactive ketones (excluding diaryl/α,β-unsaturated/α-hetero) is 1. The lowest BCUT2D eigenvalue weighted by atomic mass is 9.71. The zero-order chi connectivity index (χ0) is 17.0. The highest BCUT2D eigenvalue weighted by Crippen LogP contribution is 2.37. The maximum Gasteiger partial charge on any atom is 0.170 e. The van der Waals surface area contributed by atoms with Crippen LogP contribution in [0.25, 0.3) is 11.1 Å². The summed E-state index contributed by atoms with van der Waals surface area (Å²) in [6.07, 6.45) is 3.98. The molecule has 1 aliphatic rings. The molecule has 0 amide bonds. The second kappa shape index (κ2) is 7.50. The molecule has 1 aliphatic heterocycles. The Balaban J connectivity index is 1.98. The number of halogens is 1. The predicted octanol–water partition coefficient (Wildman–Crippen LogP) is 5.36. The Morgan fingerprint density at radius 1 is 1.21 bits per heavy atom. The van der Waals surface area contributed by atoms with Crippen LogP contribution in [0.3, 0.4) is 0 Å². The highest BCUT2D eigenvalue weighted by atomic mass is 35.5. The second-order valence-corrected chi connectivity index (χ2v) is 7.11. The third-order valence-electron chi connectivity index (χ3n) is 5.00. The third-order valence-corrected chi connectivity index (χ3v) is 5.33. The van der Waals surface area contributed by atoms with Gasteiger partial charge in [-0.05, 0) is 49.6 Å². The molecule has 0 radical (unpaired) electrons. The van der Waals surface area contributed by atoms with Crippen LogP contribution in [0.2, 0.25) is 5.02 Å². The Hall–Kier alpha value is -1.64. The maximum absolute atomic E-state index is 13.3. The van der Waals surface area contributed by atoms with E-state index in [2.05, 4.69) is 12.2 Å². The molecule has 126 valence electrons. The number of hydrogen-bond acceptors (Lipinski definition) is 2. The first-order valence-electron chi connectivity index (χ1n) is 8.77. The van der Waals surface area contributed by atoms with Gasteiger partial charge in [-0.25, -0.2) is 0 Å². The van der Waals surface area contributed by atoms with Gasteiger partial charge in [-0.2, -0.15) is 0 Å². The number of ketones is 1. The van der Waals surface area contributed by atoms with E-state index in [9.17, 15) is 4.79 Å². The minimum Gasteiger partial charge on any atom is -0.316 e.